The molecule has 1 aromatic heterocycles. The number of carbonyl (C=O) groups excluding carboxylic acids is 1. The number of amidine groups is 1. The van der Waals surface area contributed by atoms with Gasteiger partial charge in [0.2, 0.25) is 0 Å². The van der Waals surface area contributed by atoms with E-state index >= 15 is 0 Å². The maximum Gasteiger partial charge on any atom is 0.257 e. The zero-order valence-corrected chi connectivity index (χ0v) is 12.1. The highest BCUT2D eigenvalue weighted by atomic mass is 16.4. The third-order valence-corrected chi connectivity index (χ3v) is 3.19. The standard InChI is InChI=1S/C14H17N5O2/c1-8-4-5-9(2)10(6-8)14(20)17-13-11(12(15)18-21)7-16-19(13)3/h4-7,21H,1-3H3,(H2,15,18)(H,17,20). The lowest BCUT2D eigenvalue weighted by Gasteiger charge is -2.10. The number of amides is 1. The van der Waals surface area contributed by atoms with Crippen LogP contribution in [0, 0.1) is 13.8 Å². The maximum atomic E-state index is 12.4. The summed E-state index contributed by atoms with van der Waals surface area (Å²) in [6.07, 6.45) is 1.42. The molecule has 2 rings (SSSR count). The second-order valence-electron chi connectivity index (χ2n) is 4.79. The van der Waals surface area contributed by atoms with Gasteiger partial charge in [0.05, 0.1) is 11.8 Å². The van der Waals surface area contributed by atoms with E-state index in [9.17, 15) is 4.79 Å². The van der Waals surface area contributed by atoms with Gasteiger partial charge < -0.3 is 16.3 Å². The highest BCUT2D eigenvalue weighted by molar-refractivity contribution is 6.09. The van der Waals surface area contributed by atoms with Crippen molar-refractivity contribution in [2.24, 2.45) is 17.9 Å². The van der Waals surface area contributed by atoms with Crippen LogP contribution in [0.25, 0.3) is 0 Å². The summed E-state index contributed by atoms with van der Waals surface area (Å²) in [6, 6.07) is 5.64. The largest absolute Gasteiger partial charge is 0.409 e. The van der Waals surface area contributed by atoms with Crippen LogP contribution in [0.3, 0.4) is 0 Å². The molecule has 1 amide bonds. The lowest BCUT2D eigenvalue weighted by atomic mass is 10.1. The zero-order valence-electron chi connectivity index (χ0n) is 12.1. The number of aromatic nitrogens is 2. The molecule has 0 atom stereocenters. The summed E-state index contributed by atoms with van der Waals surface area (Å²) in [7, 11) is 1.66. The number of anilines is 1. The molecule has 110 valence electrons. The Morgan fingerprint density at radius 2 is 2.10 bits per heavy atom. The number of rotatable bonds is 3. The second-order valence-corrected chi connectivity index (χ2v) is 4.79. The Kier molecular flexibility index (Phi) is 3.93. The van der Waals surface area contributed by atoms with Crippen molar-refractivity contribution >= 4 is 17.6 Å². The topological polar surface area (TPSA) is 106 Å². The average molecular weight is 287 g/mol. The number of nitrogens with zero attached hydrogens (tertiary/aromatic N) is 3. The van der Waals surface area contributed by atoms with Crippen molar-refractivity contribution in [1.29, 1.82) is 0 Å². The Hall–Kier alpha value is -2.83. The van der Waals surface area contributed by atoms with E-state index in [-0.39, 0.29) is 11.7 Å². The predicted molar refractivity (Wildman–Crippen MR) is 79.6 cm³/mol. The summed E-state index contributed by atoms with van der Waals surface area (Å²) in [5.74, 6) is -0.0117. The molecule has 0 saturated carbocycles. The van der Waals surface area contributed by atoms with Gasteiger partial charge in [0, 0.05) is 12.6 Å². The summed E-state index contributed by atoms with van der Waals surface area (Å²) >= 11 is 0. The maximum absolute atomic E-state index is 12.4. The van der Waals surface area contributed by atoms with Crippen molar-refractivity contribution in [2.45, 2.75) is 13.8 Å². The Balaban J connectivity index is 2.36. The molecule has 2 aromatic rings. The van der Waals surface area contributed by atoms with Crippen LogP contribution in [0.4, 0.5) is 5.82 Å². The molecule has 0 aliphatic carbocycles. The van der Waals surface area contributed by atoms with Gasteiger partial charge in [-0.1, -0.05) is 22.9 Å². The molecule has 1 aromatic carbocycles. The van der Waals surface area contributed by atoms with Crippen LogP contribution in [-0.2, 0) is 7.05 Å². The van der Waals surface area contributed by atoms with Gasteiger partial charge in [-0.15, -0.1) is 0 Å². The quantitative estimate of drug-likeness (QED) is 0.343. The van der Waals surface area contributed by atoms with Crippen LogP contribution in [-0.4, -0.2) is 26.7 Å². The molecule has 0 aliphatic heterocycles. The lowest BCUT2D eigenvalue weighted by Crippen LogP contribution is -2.20. The second kappa shape index (κ2) is 5.66. The number of aryl methyl sites for hydroxylation is 3. The summed E-state index contributed by atoms with van der Waals surface area (Å²) < 4.78 is 1.45. The normalized spacial score (nSPS) is 11.5. The Morgan fingerprint density at radius 1 is 1.38 bits per heavy atom. The van der Waals surface area contributed by atoms with Gasteiger partial charge in [-0.2, -0.15) is 5.10 Å². The molecule has 0 unspecified atom stereocenters. The minimum absolute atomic E-state index is 0.112. The fraction of sp³-hybridized carbons (Fsp3) is 0.214. The van der Waals surface area contributed by atoms with Crippen molar-refractivity contribution in [3.8, 4) is 0 Å². The van der Waals surface area contributed by atoms with E-state index in [1.165, 1.54) is 10.9 Å². The van der Waals surface area contributed by atoms with E-state index in [4.69, 9.17) is 10.9 Å². The van der Waals surface area contributed by atoms with Gasteiger partial charge in [-0.05, 0) is 25.5 Å². The highest BCUT2D eigenvalue weighted by Gasteiger charge is 2.17. The molecule has 0 aliphatic rings. The van der Waals surface area contributed by atoms with Crippen LogP contribution in [0.5, 0.6) is 0 Å². The van der Waals surface area contributed by atoms with Crippen LogP contribution in [0.2, 0.25) is 0 Å². The summed E-state index contributed by atoms with van der Waals surface area (Å²) in [5.41, 5.74) is 8.36. The Bertz CT molecular complexity index is 718. The third kappa shape index (κ3) is 2.86. The van der Waals surface area contributed by atoms with Crippen molar-refractivity contribution in [3.05, 3.63) is 46.6 Å². The number of hydrogen-bond donors (Lipinski definition) is 3. The van der Waals surface area contributed by atoms with E-state index in [2.05, 4.69) is 15.6 Å². The Morgan fingerprint density at radius 3 is 2.76 bits per heavy atom. The van der Waals surface area contributed by atoms with E-state index in [1.54, 1.807) is 7.05 Å². The molecule has 0 radical (unpaired) electrons. The molecule has 0 fully saturated rings. The van der Waals surface area contributed by atoms with Gasteiger partial charge in [0.25, 0.3) is 5.91 Å². The van der Waals surface area contributed by atoms with Crippen LogP contribution >= 0.6 is 0 Å². The predicted octanol–water partition coefficient (Wildman–Crippen LogP) is 1.38. The van der Waals surface area contributed by atoms with Crippen molar-refractivity contribution in [1.82, 2.24) is 9.78 Å². The molecule has 0 saturated heterocycles. The van der Waals surface area contributed by atoms with Gasteiger partial charge >= 0.3 is 0 Å². The monoisotopic (exact) mass is 287 g/mol. The minimum atomic E-state index is -0.271. The fourth-order valence-corrected chi connectivity index (χ4v) is 1.98. The van der Waals surface area contributed by atoms with Crippen LogP contribution in [0.1, 0.15) is 27.0 Å². The van der Waals surface area contributed by atoms with Crippen molar-refractivity contribution in [3.63, 3.8) is 0 Å². The van der Waals surface area contributed by atoms with Crippen LogP contribution in [0.15, 0.2) is 29.6 Å². The smallest absolute Gasteiger partial charge is 0.257 e. The first-order chi connectivity index (χ1) is 9.93. The molecular formula is C14H17N5O2. The molecule has 0 spiro atoms. The Labute approximate surface area is 122 Å². The molecule has 7 nitrogen and oxygen atoms in total. The van der Waals surface area contributed by atoms with Gasteiger partial charge in [0.1, 0.15) is 5.82 Å². The number of carbonyl (C=O) groups is 1. The molecule has 4 N–H and O–H groups in total. The van der Waals surface area contributed by atoms with E-state index in [1.807, 2.05) is 32.0 Å². The number of oxime groups is 1. The molecule has 21 heavy (non-hydrogen) atoms. The van der Waals surface area contributed by atoms with Gasteiger partial charge in [-0.25, -0.2) is 0 Å². The third-order valence-electron chi connectivity index (χ3n) is 3.19. The average Bonchev–Trinajstić information content (AvgIpc) is 2.82. The summed E-state index contributed by atoms with van der Waals surface area (Å²) in [5, 5.41) is 18.5. The number of hydrogen-bond acceptors (Lipinski definition) is 4. The lowest BCUT2D eigenvalue weighted by molar-refractivity contribution is 0.102. The SMILES string of the molecule is Cc1ccc(C)c(C(=O)Nc2c(C(N)=NO)cnn2C)c1. The summed E-state index contributed by atoms with van der Waals surface area (Å²) in [4.78, 5) is 12.4. The van der Waals surface area contributed by atoms with Gasteiger partial charge in [-0.3, -0.25) is 9.48 Å². The zero-order chi connectivity index (χ0) is 15.6. The number of nitrogens with one attached hydrogen (secondary N) is 1. The summed E-state index contributed by atoms with van der Waals surface area (Å²) in [6.45, 7) is 3.78. The molecular weight excluding hydrogens is 270 g/mol. The number of nitrogens with two attached hydrogens (primary N) is 1. The molecule has 0 bridgehead atoms. The van der Waals surface area contributed by atoms with E-state index in [0.29, 0.717) is 16.9 Å². The highest BCUT2D eigenvalue weighted by Crippen LogP contribution is 2.17. The van der Waals surface area contributed by atoms with E-state index in [0.717, 1.165) is 11.1 Å². The van der Waals surface area contributed by atoms with Crippen molar-refractivity contribution in [2.75, 3.05) is 5.32 Å². The first-order valence-corrected chi connectivity index (χ1v) is 6.32. The minimum Gasteiger partial charge on any atom is -0.409 e. The van der Waals surface area contributed by atoms with Crippen LogP contribution < -0.4 is 11.1 Å². The molecule has 7 heteroatoms. The molecule has 1 heterocycles. The van der Waals surface area contributed by atoms with E-state index < -0.39 is 0 Å². The number of benzene rings is 1. The fourth-order valence-electron chi connectivity index (χ4n) is 1.98. The first-order valence-electron chi connectivity index (χ1n) is 6.32. The van der Waals surface area contributed by atoms with Crippen molar-refractivity contribution < 1.29 is 10.0 Å². The first kappa shape index (κ1) is 14.6. The van der Waals surface area contributed by atoms with Gasteiger partial charge in [0.15, 0.2) is 5.84 Å².